The topological polar surface area (TPSA) is 24.1 Å². The van der Waals surface area contributed by atoms with E-state index in [0.29, 0.717) is 0 Å². The summed E-state index contributed by atoms with van der Waals surface area (Å²) < 4.78 is 0. The Hall–Kier alpha value is -0.570. The fourth-order valence-electron chi connectivity index (χ4n) is 0.798. The van der Waals surface area contributed by atoms with Gasteiger partial charge in [0.2, 0.25) is 0 Å². The molecule has 0 aromatic carbocycles. The van der Waals surface area contributed by atoms with E-state index in [1.165, 1.54) is 11.3 Å². The average Bonchev–Trinajstić information content (AvgIpc) is 2.15. The second-order valence-electron chi connectivity index (χ2n) is 1.78. The molecule has 0 amide bonds. The lowest BCUT2D eigenvalue weighted by Crippen LogP contribution is -2.18. The maximum atomic E-state index is 3.02. The van der Waals surface area contributed by atoms with Gasteiger partial charge >= 0.3 is 0 Å². The quantitative estimate of drug-likeness (QED) is 0.496. The Balaban J connectivity index is 2.37. The van der Waals surface area contributed by atoms with Gasteiger partial charge in [0.05, 0.1) is 5.70 Å². The first-order valence-electron chi connectivity index (χ1n) is 2.49. The number of hydrogen-bond acceptors (Lipinski definition) is 3. The summed E-state index contributed by atoms with van der Waals surface area (Å²) in [5.41, 5.74) is 8.58. The third kappa shape index (κ3) is 0.448. The van der Waals surface area contributed by atoms with Crippen LogP contribution in [0.1, 0.15) is 0 Å². The second kappa shape index (κ2) is 1.45. The van der Waals surface area contributed by atoms with Crippen LogP contribution in [-0.2, 0) is 0 Å². The summed E-state index contributed by atoms with van der Waals surface area (Å²) in [7, 11) is 0. The number of nitrogens with one attached hydrogen (secondary N) is 2. The van der Waals surface area contributed by atoms with Crippen LogP contribution in [-0.4, -0.2) is 5.75 Å². The molecule has 0 atom stereocenters. The van der Waals surface area contributed by atoms with E-state index in [1.807, 2.05) is 18.0 Å². The number of allylic oxidation sites excluding steroid dienone is 1. The van der Waals surface area contributed by atoms with Crippen molar-refractivity contribution in [2.24, 2.45) is 0 Å². The summed E-state index contributed by atoms with van der Waals surface area (Å²) in [4.78, 5) is 0. The van der Waals surface area contributed by atoms with Crippen LogP contribution >= 0.6 is 11.8 Å². The van der Waals surface area contributed by atoms with Crippen LogP contribution in [0.4, 0.5) is 0 Å². The Kier molecular flexibility index (Phi) is 0.784. The predicted octanol–water partition coefficient (Wildman–Crippen LogP) is 0.566. The highest BCUT2D eigenvalue weighted by Crippen LogP contribution is 2.26. The van der Waals surface area contributed by atoms with E-state index in [9.17, 15) is 0 Å². The SMILES string of the molecule is C1=C2CSC=C2NN1. The van der Waals surface area contributed by atoms with E-state index in [-0.39, 0.29) is 0 Å². The summed E-state index contributed by atoms with van der Waals surface area (Å²) in [6.45, 7) is 0. The molecular formula is C5H6N2S. The number of thioether (sulfide) groups is 1. The molecule has 2 N–H and O–H groups in total. The minimum Gasteiger partial charge on any atom is -0.308 e. The van der Waals surface area contributed by atoms with E-state index in [4.69, 9.17) is 0 Å². The standard InChI is InChI=1S/C5H6N2S/c1-4-2-8-3-5(4)7-6-1/h1,3,6-7H,2H2. The fraction of sp³-hybridized carbons (Fsp3) is 0.200. The molecule has 2 heterocycles. The van der Waals surface area contributed by atoms with Crippen LogP contribution in [0.15, 0.2) is 22.9 Å². The van der Waals surface area contributed by atoms with Crippen molar-refractivity contribution < 1.29 is 0 Å². The Morgan fingerprint density at radius 1 is 1.62 bits per heavy atom. The van der Waals surface area contributed by atoms with Crippen LogP contribution in [0.3, 0.4) is 0 Å². The number of hydrogen-bond donors (Lipinski definition) is 2. The molecule has 0 saturated carbocycles. The smallest absolute Gasteiger partial charge is 0.0658 e. The van der Waals surface area contributed by atoms with Crippen LogP contribution in [0.5, 0.6) is 0 Å². The highest BCUT2D eigenvalue weighted by atomic mass is 32.2. The van der Waals surface area contributed by atoms with Crippen LogP contribution < -0.4 is 10.9 Å². The molecule has 0 unspecified atom stereocenters. The maximum Gasteiger partial charge on any atom is 0.0658 e. The minimum atomic E-state index is 1.12. The molecule has 0 saturated heterocycles. The lowest BCUT2D eigenvalue weighted by molar-refractivity contribution is 0.787. The van der Waals surface area contributed by atoms with Crippen LogP contribution in [0.2, 0.25) is 0 Å². The molecule has 0 aliphatic carbocycles. The Bertz CT molecular complexity index is 151. The van der Waals surface area contributed by atoms with Crippen LogP contribution in [0.25, 0.3) is 0 Å². The molecule has 0 aromatic rings. The molecular weight excluding hydrogens is 120 g/mol. The van der Waals surface area contributed by atoms with E-state index >= 15 is 0 Å². The molecule has 0 spiro atoms. The summed E-state index contributed by atoms with van der Waals surface area (Å²) in [5, 5.41) is 2.13. The van der Waals surface area contributed by atoms with Crippen molar-refractivity contribution in [2.75, 3.05) is 5.75 Å². The summed E-state index contributed by atoms with van der Waals surface area (Å²) in [6.07, 6.45) is 2.01. The molecule has 42 valence electrons. The normalized spacial score (nSPS) is 23.0. The molecule has 2 nitrogen and oxygen atoms in total. The van der Waals surface area contributed by atoms with Gasteiger partial charge in [-0.05, 0) is 5.41 Å². The van der Waals surface area contributed by atoms with Gasteiger partial charge < -0.3 is 10.9 Å². The van der Waals surface area contributed by atoms with Crippen molar-refractivity contribution in [1.82, 2.24) is 10.9 Å². The van der Waals surface area contributed by atoms with E-state index in [0.717, 1.165) is 5.75 Å². The molecule has 8 heavy (non-hydrogen) atoms. The van der Waals surface area contributed by atoms with Crippen molar-refractivity contribution in [2.45, 2.75) is 0 Å². The van der Waals surface area contributed by atoms with Gasteiger partial charge in [0.15, 0.2) is 0 Å². The predicted molar refractivity (Wildman–Crippen MR) is 34.9 cm³/mol. The highest BCUT2D eigenvalue weighted by molar-refractivity contribution is 8.02. The second-order valence-corrected chi connectivity index (χ2v) is 2.64. The van der Waals surface area contributed by atoms with Crippen molar-refractivity contribution in [3.63, 3.8) is 0 Å². The summed E-state index contributed by atoms with van der Waals surface area (Å²) in [6, 6.07) is 0. The zero-order chi connectivity index (χ0) is 5.40. The zero-order valence-corrected chi connectivity index (χ0v) is 5.09. The van der Waals surface area contributed by atoms with Gasteiger partial charge in [-0.15, -0.1) is 11.8 Å². The first kappa shape index (κ1) is 4.32. The lowest BCUT2D eigenvalue weighted by atomic mass is 10.3. The fourth-order valence-corrected chi connectivity index (χ4v) is 1.68. The first-order valence-corrected chi connectivity index (χ1v) is 3.54. The molecule has 2 rings (SSSR count). The molecule has 0 aromatic heterocycles. The van der Waals surface area contributed by atoms with Crippen molar-refractivity contribution in [3.8, 4) is 0 Å². The number of rotatable bonds is 0. The van der Waals surface area contributed by atoms with Crippen LogP contribution in [0, 0.1) is 0 Å². The number of hydrazine groups is 1. The van der Waals surface area contributed by atoms with Gasteiger partial charge in [0.25, 0.3) is 0 Å². The molecule has 0 fully saturated rings. The maximum absolute atomic E-state index is 3.02. The molecule has 3 heteroatoms. The first-order chi connectivity index (χ1) is 3.97. The lowest BCUT2D eigenvalue weighted by Gasteiger charge is -1.92. The monoisotopic (exact) mass is 126 g/mol. The Morgan fingerprint density at radius 3 is 3.50 bits per heavy atom. The largest absolute Gasteiger partial charge is 0.308 e. The van der Waals surface area contributed by atoms with Gasteiger partial charge in [-0.3, -0.25) is 0 Å². The van der Waals surface area contributed by atoms with E-state index in [1.54, 1.807) is 0 Å². The minimum absolute atomic E-state index is 1.12. The molecule has 2 aliphatic heterocycles. The number of fused-ring (bicyclic) bond motifs is 1. The van der Waals surface area contributed by atoms with Crippen molar-refractivity contribution in [3.05, 3.63) is 22.9 Å². The Labute approximate surface area is 52.0 Å². The molecule has 0 bridgehead atoms. The average molecular weight is 126 g/mol. The highest BCUT2D eigenvalue weighted by Gasteiger charge is 2.14. The third-order valence-electron chi connectivity index (χ3n) is 1.24. The Morgan fingerprint density at radius 2 is 2.62 bits per heavy atom. The van der Waals surface area contributed by atoms with E-state index in [2.05, 4.69) is 16.3 Å². The van der Waals surface area contributed by atoms with E-state index < -0.39 is 0 Å². The van der Waals surface area contributed by atoms with Gasteiger partial charge in [0.1, 0.15) is 0 Å². The third-order valence-corrected chi connectivity index (χ3v) is 2.12. The summed E-state index contributed by atoms with van der Waals surface area (Å²) in [5.74, 6) is 1.12. The molecule has 2 aliphatic rings. The molecule has 0 radical (unpaired) electrons. The summed E-state index contributed by atoms with van der Waals surface area (Å²) >= 11 is 1.83. The van der Waals surface area contributed by atoms with Crippen molar-refractivity contribution >= 4 is 11.8 Å². The van der Waals surface area contributed by atoms with Gasteiger partial charge in [0, 0.05) is 17.5 Å². The van der Waals surface area contributed by atoms with Crippen molar-refractivity contribution in [1.29, 1.82) is 0 Å². The zero-order valence-electron chi connectivity index (χ0n) is 4.27. The van der Waals surface area contributed by atoms with Gasteiger partial charge in [-0.1, -0.05) is 0 Å². The van der Waals surface area contributed by atoms with Gasteiger partial charge in [-0.2, -0.15) is 0 Å². The van der Waals surface area contributed by atoms with Gasteiger partial charge in [-0.25, -0.2) is 0 Å².